The van der Waals surface area contributed by atoms with Crippen LogP contribution >= 0.6 is 0 Å². The Morgan fingerprint density at radius 1 is 1.21 bits per heavy atom. The zero-order valence-corrected chi connectivity index (χ0v) is 17.8. The number of likely N-dealkylation sites (tertiary alicyclic amines) is 1. The number of hydrogen-bond acceptors (Lipinski definition) is 5. The summed E-state index contributed by atoms with van der Waals surface area (Å²) in [6, 6.07) is 8.33. The van der Waals surface area contributed by atoms with Gasteiger partial charge < -0.3 is 5.32 Å². The smallest absolute Gasteiger partial charge is 0.133 e. The van der Waals surface area contributed by atoms with Gasteiger partial charge in [-0.15, -0.1) is 0 Å². The van der Waals surface area contributed by atoms with Gasteiger partial charge in [0.1, 0.15) is 5.82 Å². The molecule has 1 N–H and O–H groups in total. The molecular weight excluding hydrogens is 360 g/mol. The minimum absolute atomic E-state index is 0.450. The van der Waals surface area contributed by atoms with Gasteiger partial charge in [-0.3, -0.25) is 14.6 Å². The van der Waals surface area contributed by atoms with E-state index >= 15 is 0 Å². The van der Waals surface area contributed by atoms with E-state index in [0.29, 0.717) is 5.92 Å². The molecule has 6 nitrogen and oxygen atoms in total. The van der Waals surface area contributed by atoms with Crippen molar-refractivity contribution < 1.29 is 0 Å². The zero-order chi connectivity index (χ0) is 20.4. The van der Waals surface area contributed by atoms with Crippen molar-refractivity contribution in [3.8, 4) is 0 Å². The topological polar surface area (TPSA) is 58.9 Å². The molecule has 0 saturated carbocycles. The summed E-state index contributed by atoms with van der Waals surface area (Å²) in [5.41, 5.74) is 6.98. The minimum Gasteiger partial charge on any atom is -0.340 e. The van der Waals surface area contributed by atoms with E-state index in [2.05, 4.69) is 59.3 Å². The van der Waals surface area contributed by atoms with Crippen molar-refractivity contribution >= 4 is 11.5 Å². The second kappa shape index (κ2) is 8.33. The second-order valence-electron chi connectivity index (χ2n) is 8.17. The number of aromatic nitrogens is 4. The number of nitrogens with one attached hydrogen (secondary N) is 1. The van der Waals surface area contributed by atoms with E-state index in [1.54, 1.807) is 0 Å². The van der Waals surface area contributed by atoms with Gasteiger partial charge in [0.15, 0.2) is 0 Å². The van der Waals surface area contributed by atoms with E-state index in [1.165, 1.54) is 29.8 Å². The third-order valence-corrected chi connectivity index (χ3v) is 5.90. The summed E-state index contributed by atoms with van der Waals surface area (Å²) in [5.74, 6) is 1.35. The molecule has 29 heavy (non-hydrogen) atoms. The van der Waals surface area contributed by atoms with Gasteiger partial charge in [0, 0.05) is 60.6 Å². The average molecular weight is 391 g/mol. The van der Waals surface area contributed by atoms with Crippen LogP contribution in [0.5, 0.6) is 0 Å². The van der Waals surface area contributed by atoms with Crippen LogP contribution in [0.2, 0.25) is 0 Å². The van der Waals surface area contributed by atoms with Crippen molar-refractivity contribution in [1.82, 2.24) is 24.6 Å². The molecule has 6 heteroatoms. The quantitative estimate of drug-likeness (QED) is 0.705. The second-order valence-corrected chi connectivity index (χ2v) is 8.17. The van der Waals surface area contributed by atoms with Gasteiger partial charge >= 0.3 is 0 Å². The van der Waals surface area contributed by atoms with Crippen molar-refractivity contribution in [3.63, 3.8) is 0 Å². The number of pyridine rings is 2. The lowest BCUT2D eigenvalue weighted by Crippen LogP contribution is -2.34. The van der Waals surface area contributed by atoms with Crippen LogP contribution in [0.25, 0.3) is 0 Å². The summed E-state index contributed by atoms with van der Waals surface area (Å²) in [6.07, 6.45) is 6.20. The summed E-state index contributed by atoms with van der Waals surface area (Å²) < 4.78 is 1.95. The fourth-order valence-corrected chi connectivity index (χ4v) is 4.11. The zero-order valence-electron chi connectivity index (χ0n) is 17.8. The van der Waals surface area contributed by atoms with Crippen LogP contribution in [0.3, 0.4) is 0 Å². The average Bonchev–Trinajstić information content (AvgIpc) is 3.02. The third kappa shape index (κ3) is 4.48. The maximum absolute atomic E-state index is 4.88. The van der Waals surface area contributed by atoms with Crippen LogP contribution in [0.4, 0.5) is 11.5 Å². The monoisotopic (exact) mass is 390 g/mol. The number of nitrogens with zero attached hydrogens (tertiary/aromatic N) is 5. The van der Waals surface area contributed by atoms with Gasteiger partial charge in [-0.1, -0.05) is 6.07 Å². The Morgan fingerprint density at radius 3 is 2.83 bits per heavy atom. The van der Waals surface area contributed by atoms with E-state index in [9.17, 15) is 0 Å². The molecule has 1 unspecified atom stereocenters. The molecule has 0 bridgehead atoms. The molecule has 4 heterocycles. The molecule has 3 aromatic heterocycles. The Balaban J connectivity index is 1.50. The maximum Gasteiger partial charge on any atom is 0.133 e. The van der Waals surface area contributed by atoms with E-state index in [4.69, 9.17) is 4.98 Å². The van der Waals surface area contributed by atoms with Crippen LogP contribution < -0.4 is 5.32 Å². The Labute approximate surface area is 173 Å². The molecule has 3 aromatic rings. The van der Waals surface area contributed by atoms with Crippen molar-refractivity contribution in [1.29, 1.82) is 0 Å². The first-order valence-corrected chi connectivity index (χ1v) is 10.4. The highest BCUT2D eigenvalue weighted by atomic mass is 15.3. The van der Waals surface area contributed by atoms with Gasteiger partial charge in [-0.2, -0.15) is 5.10 Å². The molecule has 0 aromatic carbocycles. The van der Waals surface area contributed by atoms with E-state index in [-0.39, 0.29) is 0 Å². The summed E-state index contributed by atoms with van der Waals surface area (Å²) in [7, 11) is 2.01. The first kappa shape index (κ1) is 19.6. The van der Waals surface area contributed by atoms with Gasteiger partial charge in [-0.25, -0.2) is 4.98 Å². The third-order valence-electron chi connectivity index (χ3n) is 5.90. The standard InChI is InChI=1S/C23H30N6/c1-16-7-5-9-24-23(16)27-21-11-17(2)26-22(12-21)19-8-6-10-29(14-19)15-20-13-25-28(4)18(20)3/h5,7,9,11-13,19H,6,8,10,14-15H2,1-4H3,(H,24,26,27). The Kier molecular flexibility index (Phi) is 5.62. The van der Waals surface area contributed by atoms with Crippen LogP contribution in [-0.4, -0.2) is 37.7 Å². The lowest BCUT2D eigenvalue weighted by Gasteiger charge is -2.32. The molecule has 0 aliphatic carbocycles. The van der Waals surface area contributed by atoms with Gasteiger partial charge in [0.05, 0.1) is 6.20 Å². The normalized spacial score (nSPS) is 17.4. The first-order chi connectivity index (χ1) is 14.0. The molecule has 152 valence electrons. The Bertz CT molecular complexity index is 993. The Morgan fingerprint density at radius 2 is 2.07 bits per heavy atom. The van der Waals surface area contributed by atoms with Crippen molar-refractivity contribution in [2.75, 3.05) is 18.4 Å². The van der Waals surface area contributed by atoms with Crippen LogP contribution in [0, 0.1) is 20.8 Å². The predicted octanol–water partition coefficient (Wildman–Crippen LogP) is 4.26. The predicted molar refractivity (Wildman–Crippen MR) is 116 cm³/mol. The number of anilines is 2. The molecule has 0 spiro atoms. The molecule has 1 aliphatic heterocycles. The molecule has 1 fully saturated rings. The van der Waals surface area contributed by atoms with Crippen molar-refractivity contribution in [2.24, 2.45) is 7.05 Å². The molecule has 4 rings (SSSR count). The highest BCUT2D eigenvalue weighted by Gasteiger charge is 2.24. The lowest BCUT2D eigenvalue weighted by molar-refractivity contribution is 0.198. The number of rotatable bonds is 5. The fraction of sp³-hybridized carbons (Fsp3) is 0.435. The highest BCUT2D eigenvalue weighted by Crippen LogP contribution is 2.29. The summed E-state index contributed by atoms with van der Waals surface area (Å²) in [6.45, 7) is 9.41. The summed E-state index contributed by atoms with van der Waals surface area (Å²) >= 11 is 0. The number of aryl methyl sites for hydroxylation is 3. The van der Waals surface area contributed by atoms with Crippen molar-refractivity contribution in [2.45, 2.75) is 46.1 Å². The van der Waals surface area contributed by atoms with Gasteiger partial charge in [0.2, 0.25) is 0 Å². The molecular formula is C23H30N6. The number of piperidine rings is 1. The number of hydrogen-bond donors (Lipinski definition) is 1. The largest absolute Gasteiger partial charge is 0.340 e. The Hall–Kier alpha value is -2.73. The van der Waals surface area contributed by atoms with Crippen LogP contribution in [-0.2, 0) is 13.6 Å². The van der Waals surface area contributed by atoms with E-state index in [0.717, 1.165) is 42.4 Å². The van der Waals surface area contributed by atoms with Crippen LogP contribution in [0.1, 0.15) is 47.0 Å². The summed E-state index contributed by atoms with van der Waals surface area (Å²) in [4.78, 5) is 11.9. The van der Waals surface area contributed by atoms with Crippen molar-refractivity contribution in [3.05, 3.63) is 64.9 Å². The first-order valence-electron chi connectivity index (χ1n) is 10.4. The maximum atomic E-state index is 4.88. The molecule has 1 aliphatic rings. The minimum atomic E-state index is 0.450. The molecule has 0 amide bonds. The summed E-state index contributed by atoms with van der Waals surface area (Å²) in [5, 5.41) is 7.87. The molecule has 1 saturated heterocycles. The lowest BCUT2D eigenvalue weighted by atomic mass is 9.93. The van der Waals surface area contributed by atoms with E-state index < -0.39 is 0 Å². The van der Waals surface area contributed by atoms with E-state index in [1.807, 2.05) is 30.2 Å². The van der Waals surface area contributed by atoms with Gasteiger partial charge in [-0.05, 0) is 63.9 Å². The molecule has 0 radical (unpaired) electrons. The van der Waals surface area contributed by atoms with Crippen LogP contribution in [0.15, 0.2) is 36.7 Å². The molecule has 1 atom stereocenters. The fourth-order valence-electron chi connectivity index (χ4n) is 4.11. The highest BCUT2D eigenvalue weighted by molar-refractivity contribution is 5.59. The van der Waals surface area contributed by atoms with Gasteiger partial charge in [0.25, 0.3) is 0 Å². The SMILES string of the molecule is Cc1cc(Nc2ncccc2C)cc(C2CCCN(Cc3cnn(C)c3C)C2)n1.